The average molecular weight is 364 g/mol. The van der Waals surface area contributed by atoms with Crippen LogP contribution in [0.4, 0.5) is 4.79 Å². The summed E-state index contributed by atoms with van der Waals surface area (Å²) in [5.74, 6) is 0.0443. The second-order valence-corrected chi connectivity index (χ2v) is 7.58. The van der Waals surface area contributed by atoms with Gasteiger partial charge in [0.05, 0.1) is 0 Å². The molecule has 2 atom stereocenters. The van der Waals surface area contributed by atoms with E-state index in [2.05, 4.69) is 4.98 Å². The van der Waals surface area contributed by atoms with Gasteiger partial charge in [-0.05, 0) is 55.9 Å². The Morgan fingerprint density at radius 2 is 1.81 bits per heavy atom. The average Bonchev–Trinajstić information content (AvgIpc) is 2.96. The molecule has 0 saturated carbocycles. The van der Waals surface area contributed by atoms with Gasteiger partial charge in [-0.25, -0.2) is 4.79 Å². The van der Waals surface area contributed by atoms with Crippen molar-refractivity contribution < 1.29 is 14.3 Å². The number of nitrogens with zero attached hydrogens (tertiary/aromatic N) is 2. The standard InChI is InChI=1S/C22H24N2O3/c1-15-9-10-23-20(11-15)21(25)17-12-18-7-8-19(13-17)24(18)22(26)27-14-16-5-3-2-4-6-16/h2-6,9-11,17-19H,7-8,12-14H2,1H3. The molecular formula is C22H24N2O3. The van der Waals surface area contributed by atoms with Gasteiger partial charge in [-0.2, -0.15) is 0 Å². The van der Waals surface area contributed by atoms with Crippen molar-refractivity contribution in [1.29, 1.82) is 0 Å². The highest BCUT2D eigenvalue weighted by molar-refractivity contribution is 5.96. The lowest BCUT2D eigenvalue weighted by Gasteiger charge is -2.37. The topological polar surface area (TPSA) is 59.5 Å². The van der Waals surface area contributed by atoms with Crippen molar-refractivity contribution in [2.75, 3.05) is 0 Å². The Hall–Kier alpha value is -2.69. The van der Waals surface area contributed by atoms with E-state index in [0.717, 1.165) is 24.0 Å². The van der Waals surface area contributed by atoms with Crippen molar-refractivity contribution in [2.45, 2.75) is 51.3 Å². The molecule has 4 rings (SSSR count). The molecule has 0 radical (unpaired) electrons. The van der Waals surface area contributed by atoms with Gasteiger partial charge < -0.3 is 9.64 Å². The van der Waals surface area contributed by atoms with Crippen LogP contribution in [0.25, 0.3) is 0 Å². The molecule has 5 heteroatoms. The largest absolute Gasteiger partial charge is 0.445 e. The predicted molar refractivity (Wildman–Crippen MR) is 101 cm³/mol. The summed E-state index contributed by atoms with van der Waals surface area (Å²) < 4.78 is 5.53. The quantitative estimate of drug-likeness (QED) is 0.765. The van der Waals surface area contributed by atoms with Gasteiger partial charge in [-0.3, -0.25) is 9.78 Å². The van der Waals surface area contributed by atoms with E-state index in [1.807, 2.05) is 54.3 Å². The third-order valence-electron chi connectivity index (χ3n) is 5.69. The second kappa shape index (κ2) is 7.51. The second-order valence-electron chi connectivity index (χ2n) is 7.58. The Labute approximate surface area is 159 Å². The normalized spacial score (nSPS) is 23.9. The Bertz CT molecular complexity index is 822. The lowest BCUT2D eigenvalue weighted by Crippen LogP contribution is -2.48. The number of aryl methyl sites for hydroxylation is 1. The fraction of sp³-hybridized carbons (Fsp3) is 0.409. The van der Waals surface area contributed by atoms with Gasteiger partial charge in [-0.1, -0.05) is 30.3 Å². The first-order valence-corrected chi connectivity index (χ1v) is 9.57. The summed E-state index contributed by atoms with van der Waals surface area (Å²) in [5, 5.41) is 0. The molecule has 1 aromatic heterocycles. The molecule has 1 aromatic carbocycles. The minimum absolute atomic E-state index is 0.0602. The molecule has 2 aliphatic rings. The Balaban J connectivity index is 1.40. The van der Waals surface area contributed by atoms with Crippen LogP contribution in [-0.4, -0.2) is 33.8 Å². The van der Waals surface area contributed by atoms with Crippen molar-refractivity contribution in [3.05, 3.63) is 65.5 Å². The predicted octanol–water partition coefficient (Wildman–Crippen LogP) is 4.15. The lowest BCUT2D eigenvalue weighted by molar-refractivity contribution is 0.0483. The van der Waals surface area contributed by atoms with Crippen LogP contribution < -0.4 is 0 Å². The van der Waals surface area contributed by atoms with E-state index in [1.54, 1.807) is 6.20 Å². The van der Waals surface area contributed by atoms with Gasteiger partial charge >= 0.3 is 6.09 Å². The maximum absolute atomic E-state index is 12.9. The van der Waals surface area contributed by atoms with E-state index in [4.69, 9.17) is 4.74 Å². The Morgan fingerprint density at radius 3 is 2.48 bits per heavy atom. The number of carbonyl (C=O) groups excluding carboxylic acids is 2. The van der Waals surface area contributed by atoms with Crippen LogP contribution in [0.15, 0.2) is 48.7 Å². The minimum Gasteiger partial charge on any atom is -0.445 e. The first-order chi connectivity index (χ1) is 13.1. The van der Waals surface area contributed by atoms with Crippen LogP contribution >= 0.6 is 0 Å². The summed E-state index contributed by atoms with van der Waals surface area (Å²) in [7, 11) is 0. The number of hydrogen-bond donors (Lipinski definition) is 0. The van der Waals surface area contributed by atoms with Crippen molar-refractivity contribution in [3.8, 4) is 0 Å². The van der Waals surface area contributed by atoms with E-state index in [-0.39, 0.29) is 36.5 Å². The number of carbonyl (C=O) groups is 2. The summed E-state index contributed by atoms with van der Waals surface area (Å²) in [6.07, 6.45) is 4.71. The number of Topliss-reactive ketones (excluding diaryl/α,β-unsaturated/α-hetero) is 1. The van der Waals surface area contributed by atoms with Crippen LogP contribution in [0.2, 0.25) is 0 Å². The van der Waals surface area contributed by atoms with Crippen molar-refractivity contribution in [1.82, 2.24) is 9.88 Å². The third-order valence-corrected chi connectivity index (χ3v) is 5.69. The monoisotopic (exact) mass is 364 g/mol. The molecule has 2 aromatic rings. The van der Waals surface area contributed by atoms with E-state index < -0.39 is 0 Å². The zero-order valence-electron chi connectivity index (χ0n) is 15.5. The third kappa shape index (κ3) is 3.72. The van der Waals surface area contributed by atoms with Crippen LogP contribution in [0.1, 0.15) is 47.3 Å². The molecule has 2 unspecified atom stereocenters. The van der Waals surface area contributed by atoms with Gasteiger partial charge in [0.25, 0.3) is 0 Å². The molecular weight excluding hydrogens is 340 g/mol. The molecule has 0 aliphatic carbocycles. The number of fused-ring (bicyclic) bond motifs is 2. The van der Waals surface area contributed by atoms with Gasteiger partial charge in [0.15, 0.2) is 5.78 Å². The van der Waals surface area contributed by atoms with Gasteiger partial charge in [0, 0.05) is 24.2 Å². The number of piperidine rings is 1. The number of benzene rings is 1. The summed E-state index contributed by atoms with van der Waals surface area (Å²) in [6.45, 7) is 2.25. The molecule has 2 bridgehead atoms. The van der Waals surface area contributed by atoms with E-state index in [0.29, 0.717) is 18.5 Å². The lowest BCUT2D eigenvalue weighted by atomic mass is 9.86. The molecule has 1 amide bonds. The maximum Gasteiger partial charge on any atom is 0.410 e. The van der Waals surface area contributed by atoms with Crippen molar-refractivity contribution in [3.63, 3.8) is 0 Å². The molecule has 2 aliphatic heterocycles. The van der Waals surface area contributed by atoms with Crippen LogP contribution in [-0.2, 0) is 11.3 Å². The van der Waals surface area contributed by atoms with E-state index in [9.17, 15) is 9.59 Å². The maximum atomic E-state index is 12.9. The van der Waals surface area contributed by atoms with Crippen molar-refractivity contribution >= 4 is 11.9 Å². The fourth-order valence-corrected chi connectivity index (χ4v) is 4.36. The van der Waals surface area contributed by atoms with Crippen molar-refractivity contribution in [2.24, 2.45) is 5.92 Å². The zero-order valence-corrected chi connectivity index (χ0v) is 15.5. The van der Waals surface area contributed by atoms with Gasteiger partial charge in [0.1, 0.15) is 12.3 Å². The minimum atomic E-state index is -0.258. The number of ether oxygens (including phenoxy) is 1. The molecule has 140 valence electrons. The summed E-state index contributed by atoms with van der Waals surface area (Å²) in [6, 6.07) is 13.6. The number of rotatable bonds is 4. The molecule has 3 heterocycles. The summed E-state index contributed by atoms with van der Waals surface area (Å²) in [4.78, 5) is 31.6. The van der Waals surface area contributed by atoms with Gasteiger partial charge in [-0.15, -0.1) is 0 Å². The van der Waals surface area contributed by atoms with Crippen LogP contribution in [0, 0.1) is 12.8 Å². The Morgan fingerprint density at radius 1 is 1.11 bits per heavy atom. The highest BCUT2D eigenvalue weighted by Gasteiger charge is 2.46. The number of aromatic nitrogens is 1. The van der Waals surface area contributed by atoms with Crippen LogP contribution in [0.3, 0.4) is 0 Å². The molecule has 0 N–H and O–H groups in total. The summed E-state index contributed by atoms with van der Waals surface area (Å²) in [5.41, 5.74) is 2.56. The molecule has 27 heavy (non-hydrogen) atoms. The smallest absolute Gasteiger partial charge is 0.410 e. The number of pyridine rings is 1. The molecule has 0 spiro atoms. The number of amides is 1. The molecule has 2 fully saturated rings. The SMILES string of the molecule is Cc1ccnc(C(=O)C2CC3CCC(C2)N3C(=O)OCc2ccccc2)c1. The fourth-order valence-electron chi connectivity index (χ4n) is 4.36. The van der Waals surface area contributed by atoms with Gasteiger partial charge in [0.2, 0.25) is 0 Å². The zero-order chi connectivity index (χ0) is 18.8. The highest BCUT2D eigenvalue weighted by Crippen LogP contribution is 2.40. The molecule has 2 saturated heterocycles. The first-order valence-electron chi connectivity index (χ1n) is 9.57. The summed E-state index contributed by atoms with van der Waals surface area (Å²) >= 11 is 0. The highest BCUT2D eigenvalue weighted by atomic mass is 16.6. The first kappa shape index (κ1) is 17.7. The van der Waals surface area contributed by atoms with Crippen LogP contribution in [0.5, 0.6) is 0 Å². The molecule has 5 nitrogen and oxygen atoms in total. The number of hydrogen-bond acceptors (Lipinski definition) is 4. The van der Waals surface area contributed by atoms with E-state index >= 15 is 0 Å². The number of ketones is 1. The Kier molecular flexibility index (Phi) is 4.92. The van der Waals surface area contributed by atoms with E-state index in [1.165, 1.54) is 0 Å².